The molecule has 0 spiro atoms. The first-order chi connectivity index (χ1) is 18.8. The minimum absolute atomic E-state index is 0.0668. The zero-order valence-electron chi connectivity index (χ0n) is 22.1. The summed E-state index contributed by atoms with van der Waals surface area (Å²) in [4.78, 5) is 26.8. The second-order valence-corrected chi connectivity index (χ2v) is 11.7. The van der Waals surface area contributed by atoms with Gasteiger partial charge < -0.3 is 9.47 Å². The molecule has 12 heteroatoms. The summed E-state index contributed by atoms with van der Waals surface area (Å²) in [5.41, 5.74) is 0.464. The Hall–Kier alpha value is -4.45. The van der Waals surface area contributed by atoms with E-state index >= 15 is 0 Å². The number of pyridine rings is 1. The van der Waals surface area contributed by atoms with Gasteiger partial charge in [0.05, 0.1) is 29.5 Å². The number of halogens is 2. The number of rotatable bonds is 7. The van der Waals surface area contributed by atoms with Crippen LogP contribution in [0.2, 0.25) is 0 Å². The Morgan fingerprint density at radius 2 is 1.55 bits per heavy atom. The summed E-state index contributed by atoms with van der Waals surface area (Å²) in [6.07, 6.45) is 2.54. The van der Waals surface area contributed by atoms with Gasteiger partial charge in [-0.05, 0) is 68.8 Å². The van der Waals surface area contributed by atoms with Crippen LogP contribution in [-0.2, 0) is 21.0 Å². The molecule has 2 heterocycles. The Bertz CT molecular complexity index is 1610. The summed E-state index contributed by atoms with van der Waals surface area (Å²) >= 11 is 0. The van der Waals surface area contributed by atoms with Crippen LogP contribution in [0.3, 0.4) is 0 Å². The maximum atomic E-state index is 13.5. The molecule has 0 bridgehead atoms. The number of anilines is 2. The maximum absolute atomic E-state index is 13.5. The first-order valence-corrected chi connectivity index (χ1v) is 13.9. The lowest BCUT2D eigenvalue weighted by molar-refractivity contribution is 0.0598. The van der Waals surface area contributed by atoms with Gasteiger partial charge in [-0.2, -0.15) is 0 Å². The zero-order chi connectivity index (χ0) is 29.1. The summed E-state index contributed by atoms with van der Waals surface area (Å²) in [7, 11) is -3.78. The Morgan fingerprint density at radius 1 is 0.900 bits per heavy atom. The van der Waals surface area contributed by atoms with Crippen molar-refractivity contribution in [2.24, 2.45) is 0 Å². The third kappa shape index (κ3) is 7.35. The van der Waals surface area contributed by atoms with Gasteiger partial charge in [0.25, 0.3) is 0 Å². The van der Waals surface area contributed by atoms with Crippen molar-refractivity contribution in [3.05, 3.63) is 95.9 Å². The van der Waals surface area contributed by atoms with E-state index in [9.17, 15) is 22.0 Å². The molecule has 2 aromatic heterocycles. The first-order valence-electron chi connectivity index (χ1n) is 12.0. The van der Waals surface area contributed by atoms with Gasteiger partial charge in [-0.1, -0.05) is 12.1 Å². The minimum atomic E-state index is -3.78. The molecule has 0 saturated heterocycles. The Kier molecular flexibility index (Phi) is 8.10. The number of carbonyl (C=O) groups excluding carboxylic acids is 1. The normalized spacial score (nSPS) is 11.7. The lowest BCUT2D eigenvalue weighted by atomic mass is 10.1. The molecule has 0 unspecified atom stereocenters. The van der Waals surface area contributed by atoms with Crippen LogP contribution >= 0.6 is 0 Å². The number of sulfone groups is 1. The van der Waals surface area contributed by atoms with Gasteiger partial charge >= 0.3 is 6.09 Å². The molecule has 0 aliphatic carbocycles. The number of carbonyl (C=O) groups is 1. The number of nitrogens with zero attached hydrogens (tertiary/aromatic N) is 4. The number of amides is 1. The van der Waals surface area contributed by atoms with E-state index in [1.807, 2.05) is 0 Å². The molecule has 4 rings (SSSR count). The van der Waals surface area contributed by atoms with E-state index in [4.69, 9.17) is 9.47 Å². The predicted molar refractivity (Wildman–Crippen MR) is 143 cm³/mol. The molecule has 0 saturated carbocycles. The molecule has 0 aliphatic rings. The fourth-order valence-electron chi connectivity index (χ4n) is 3.54. The maximum Gasteiger partial charge on any atom is 0.419 e. The molecule has 208 valence electrons. The topological polar surface area (TPSA) is 112 Å². The van der Waals surface area contributed by atoms with Crippen LogP contribution in [0.5, 0.6) is 11.6 Å². The van der Waals surface area contributed by atoms with Gasteiger partial charge in [0, 0.05) is 18.7 Å². The molecule has 0 atom stereocenters. The van der Waals surface area contributed by atoms with Crippen LogP contribution in [-0.4, -0.2) is 41.3 Å². The van der Waals surface area contributed by atoms with Gasteiger partial charge in [-0.25, -0.2) is 41.8 Å². The number of ether oxygens (including phenoxy) is 2. The third-order valence-electron chi connectivity index (χ3n) is 5.27. The van der Waals surface area contributed by atoms with Crippen LogP contribution in [0.4, 0.5) is 25.0 Å². The Labute approximate surface area is 230 Å². The van der Waals surface area contributed by atoms with Crippen molar-refractivity contribution in [1.82, 2.24) is 15.0 Å². The van der Waals surface area contributed by atoms with Crippen LogP contribution in [0.15, 0.2) is 78.2 Å². The minimum Gasteiger partial charge on any atom is -0.443 e. The van der Waals surface area contributed by atoms with Crippen molar-refractivity contribution in [1.29, 1.82) is 0 Å². The van der Waals surface area contributed by atoms with Crippen molar-refractivity contribution in [3.63, 3.8) is 0 Å². The molecular weight excluding hydrogens is 542 g/mol. The summed E-state index contributed by atoms with van der Waals surface area (Å²) in [5, 5.41) is -0.423. The van der Waals surface area contributed by atoms with Gasteiger partial charge in [0.15, 0.2) is 0 Å². The molecule has 0 N–H and O–H groups in total. The number of aromatic nitrogens is 3. The lowest BCUT2D eigenvalue weighted by Crippen LogP contribution is -2.34. The fraction of sp³-hybridized carbons (Fsp3) is 0.214. The fourth-order valence-corrected chi connectivity index (χ4v) is 4.06. The highest BCUT2D eigenvalue weighted by Crippen LogP contribution is 2.33. The van der Waals surface area contributed by atoms with E-state index in [-0.39, 0.29) is 23.7 Å². The average Bonchev–Trinajstić information content (AvgIpc) is 2.87. The van der Waals surface area contributed by atoms with Crippen LogP contribution in [0, 0.1) is 11.6 Å². The van der Waals surface area contributed by atoms with Gasteiger partial charge in [0.1, 0.15) is 23.0 Å². The SMILES string of the molecule is CC(C)(C)OC(=O)N(c1ccc(Oc2ccc(F)cn2)cc1)c1cnc(S(C)(=O)=O)nc1Cc1ccc(F)cc1. The zero-order valence-corrected chi connectivity index (χ0v) is 22.9. The van der Waals surface area contributed by atoms with Gasteiger partial charge in [-0.3, -0.25) is 0 Å². The molecule has 0 aliphatic heterocycles. The molecule has 2 aromatic carbocycles. The highest BCUT2D eigenvalue weighted by atomic mass is 32.2. The second-order valence-electron chi connectivity index (χ2n) is 9.79. The summed E-state index contributed by atoms with van der Waals surface area (Å²) < 4.78 is 62.5. The Morgan fingerprint density at radius 3 is 2.12 bits per heavy atom. The average molecular weight is 569 g/mol. The predicted octanol–water partition coefficient (Wildman–Crippen LogP) is 6.01. The molecule has 0 fully saturated rings. The van der Waals surface area contributed by atoms with Crippen molar-refractivity contribution in [2.45, 2.75) is 37.9 Å². The van der Waals surface area contributed by atoms with Crippen molar-refractivity contribution >= 4 is 27.3 Å². The molecule has 40 heavy (non-hydrogen) atoms. The lowest BCUT2D eigenvalue weighted by Gasteiger charge is -2.28. The van der Waals surface area contributed by atoms with Crippen molar-refractivity contribution in [3.8, 4) is 11.6 Å². The summed E-state index contributed by atoms with van der Waals surface area (Å²) in [6.45, 7) is 5.12. The van der Waals surface area contributed by atoms with E-state index in [1.54, 1.807) is 45.0 Å². The molecule has 9 nitrogen and oxygen atoms in total. The molecule has 1 amide bonds. The van der Waals surface area contributed by atoms with E-state index in [0.717, 1.165) is 12.5 Å². The Balaban J connectivity index is 1.78. The smallest absolute Gasteiger partial charge is 0.419 e. The van der Waals surface area contributed by atoms with Gasteiger partial charge in [-0.15, -0.1) is 0 Å². The second kappa shape index (κ2) is 11.3. The number of hydrogen-bond acceptors (Lipinski definition) is 8. The molecule has 0 radical (unpaired) electrons. The van der Waals surface area contributed by atoms with E-state index in [2.05, 4.69) is 15.0 Å². The quantitative estimate of drug-likeness (QED) is 0.249. The van der Waals surface area contributed by atoms with Crippen molar-refractivity contribution in [2.75, 3.05) is 11.2 Å². The highest BCUT2D eigenvalue weighted by molar-refractivity contribution is 7.90. The summed E-state index contributed by atoms with van der Waals surface area (Å²) in [5.74, 6) is -0.403. The van der Waals surface area contributed by atoms with E-state index in [1.165, 1.54) is 47.5 Å². The van der Waals surface area contributed by atoms with E-state index < -0.39 is 38.3 Å². The number of hydrogen-bond donors (Lipinski definition) is 0. The van der Waals surface area contributed by atoms with Crippen molar-refractivity contribution < 1.29 is 31.5 Å². The monoisotopic (exact) mass is 568 g/mol. The highest BCUT2D eigenvalue weighted by Gasteiger charge is 2.29. The van der Waals surface area contributed by atoms with Crippen LogP contribution in [0.25, 0.3) is 0 Å². The first kappa shape index (κ1) is 28.6. The number of benzene rings is 2. The largest absolute Gasteiger partial charge is 0.443 e. The third-order valence-corrected chi connectivity index (χ3v) is 6.13. The summed E-state index contributed by atoms with van der Waals surface area (Å²) in [6, 6.07) is 14.5. The standard InChI is InChI=1S/C28H26F2N4O5S/c1-28(2,3)39-27(35)34(21-10-12-22(13-11-21)38-25-14-9-20(30)16-31-25)24-17-32-26(40(4,36)37)33-23(24)15-18-5-7-19(29)8-6-18/h5-14,16-17H,15H2,1-4H3. The van der Waals surface area contributed by atoms with Gasteiger partial charge in [0.2, 0.25) is 20.9 Å². The van der Waals surface area contributed by atoms with Crippen LogP contribution in [0.1, 0.15) is 32.0 Å². The van der Waals surface area contributed by atoms with E-state index in [0.29, 0.717) is 17.0 Å². The van der Waals surface area contributed by atoms with Crippen LogP contribution < -0.4 is 9.64 Å². The molecule has 4 aromatic rings. The molecular formula is C28H26F2N4O5S.